The summed E-state index contributed by atoms with van der Waals surface area (Å²) in [6, 6.07) is 7.03. The summed E-state index contributed by atoms with van der Waals surface area (Å²) in [5.41, 5.74) is 6.59. The van der Waals surface area contributed by atoms with Crippen molar-refractivity contribution in [2.45, 2.75) is 51.0 Å². The quantitative estimate of drug-likeness (QED) is 0.416. The maximum absolute atomic E-state index is 13.4. The maximum Gasteiger partial charge on any atom is 0.308 e. The lowest BCUT2D eigenvalue weighted by Gasteiger charge is -2.29. The van der Waals surface area contributed by atoms with Gasteiger partial charge in [-0.2, -0.15) is 0 Å². The van der Waals surface area contributed by atoms with E-state index >= 15 is 0 Å². The zero-order chi connectivity index (χ0) is 26.2. The number of nitrogens with zero attached hydrogens (tertiary/aromatic N) is 4. The summed E-state index contributed by atoms with van der Waals surface area (Å²) in [6.07, 6.45) is 7.08. The molecule has 0 saturated carbocycles. The number of benzene rings is 1. The first-order valence-electron chi connectivity index (χ1n) is 13.1. The maximum atomic E-state index is 13.4. The van der Waals surface area contributed by atoms with Gasteiger partial charge >= 0.3 is 5.97 Å². The van der Waals surface area contributed by atoms with Crippen LogP contribution in [0.4, 0.5) is 0 Å². The number of amides is 1. The highest BCUT2D eigenvalue weighted by Gasteiger charge is 2.47. The van der Waals surface area contributed by atoms with Crippen molar-refractivity contribution in [1.29, 1.82) is 0 Å². The van der Waals surface area contributed by atoms with Crippen LogP contribution in [0.1, 0.15) is 49.9 Å². The number of hydrogen-bond acceptors (Lipinski definition) is 8. The third kappa shape index (κ3) is 6.56. The topological polar surface area (TPSA) is 131 Å². The van der Waals surface area contributed by atoms with E-state index in [0.717, 1.165) is 24.8 Å². The van der Waals surface area contributed by atoms with Gasteiger partial charge in [0.05, 0.1) is 12.5 Å². The van der Waals surface area contributed by atoms with E-state index in [4.69, 9.17) is 15.2 Å². The Bertz CT molecular complexity index is 1040. The molecule has 2 aliphatic rings. The van der Waals surface area contributed by atoms with Crippen molar-refractivity contribution in [3.63, 3.8) is 0 Å². The number of hydrogen-bond donors (Lipinski definition) is 2. The van der Waals surface area contributed by atoms with E-state index in [2.05, 4.69) is 16.9 Å². The smallest absolute Gasteiger partial charge is 0.308 e. The van der Waals surface area contributed by atoms with Gasteiger partial charge in [-0.15, -0.1) is 0 Å². The van der Waals surface area contributed by atoms with Crippen LogP contribution in [0.3, 0.4) is 0 Å². The van der Waals surface area contributed by atoms with Crippen LogP contribution in [0.25, 0.3) is 0 Å². The summed E-state index contributed by atoms with van der Waals surface area (Å²) in [4.78, 5) is 38.6. The predicted octanol–water partition coefficient (Wildman–Crippen LogP) is 2.28. The Morgan fingerprint density at radius 3 is 2.65 bits per heavy atom. The number of rotatable bonds is 13. The summed E-state index contributed by atoms with van der Waals surface area (Å²) in [5, 5.41) is 10.4. The average molecular weight is 512 g/mol. The van der Waals surface area contributed by atoms with Crippen LogP contribution in [-0.4, -0.2) is 82.3 Å². The zero-order valence-corrected chi connectivity index (χ0v) is 21.4. The lowest BCUT2D eigenvalue weighted by molar-refractivity contribution is -0.143. The molecule has 1 aromatic heterocycles. The number of carboxylic acids is 1. The number of aryl methyl sites for hydroxylation is 1. The minimum Gasteiger partial charge on any atom is -0.481 e. The zero-order valence-electron chi connectivity index (χ0n) is 21.4. The highest BCUT2D eigenvalue weighted by Crippen LogP contribution is 2.42. The third-order valence-corrected chi connectivity index (χ3v) is 7.25. The molecule has 1 aromatic carbocycles. The van der Waals surface area contributed by atoms with E-state index in [1.165, 1.54) is 0 Å². The average Bonchev–Trinajstić information content (AvgIpc) is 3.52. The molecule has 3 atom stereocenters. The standard InChI is InChI=1S/C27H37N5O5/c1-2-3-13-31(14-4-10-28)25(33)17-32-16-20(19-6-8-22-23(15-19)37-18-36-22)26(27(34)35)21(32)7-9-24-29-11-5-12-30-24/h5-6,8,11-12,15,20-21,26H,2-4,7,9-10,13-14,16-18,28H2,1H3,(H,34,35)/t20-,21+,26?/m1/s1. The normalized spacial score (nSPS) is 20.8. The predicted molar refractivity (Wildman–Crippen MR) is 137 cm³/mol. The summed E-state index contributed by atoms with van der Waals surface area (Å²) in [7, 11) is 0. The highest BCUT2D eigenvalue weighted by molar-refractivity contribution is 5.79. The number of aromatic nitrogens is 2. The van der Waals surface area contributed by atoms with Gasteiger partial charge in [0.15, 0.2) is 11.5 Å². The molecule has 0 aliphatic carbocycles. The van der Waals surface area contributed by atoms with Gasteiger partial charge in [0.25, 0.3) is 0 Å². The molecule has 2 aliphatic heterocycles. The Balaban J connectivity index is 1.59. The van der Waals surface area contributed by atoms with Crippen molar-refractivity contribution in [2.24, 2.45) is 11.7 Å². The van der Waals surface area contributed by atoms with Crippen LogP contribution in [0, 0.1) is 5.92 Å². The van der Waals surface area contributed by atoms with Gasteiger partial charge < -0.3 is 25.2 Å². The number of carbonyl (C=O) groups excluding carboxylic acids is 1. The minimum atomic E-state index is -0.873. The number of carboxylic acid groups (broad SMARTS) is 1. The molecule has 1 amide bonds. The third-order valence-electron chi connectivity index (χ3n) is 7.25. The number of likely N-dealkylation sites (tertiary alicyclic amines) is 1. The van der Waals surface area contributed by atoms with Crippen molar-refractivity contribution in [2.75, 3.05) is 39.5 Å². The Morgan fingerprint density at radius 1 is 1.16 bits per heavy atom. The molecule has 3 heterocycles. The SMILES string of the molecule is CCCCN(CCCN)C(=O)CN1C[C@H](c2ccc3c(c2)OCO3)C(C(=O)O)[C@@H]1CCc1ncccn1. The van der Waals surface area contributed by atoms with Crippen molar-refractivity contribution < 1.29 is 24.2 Å². The fourth-order valence-corrected chi connectivity index (χ4v) is 5.34. The van der Waals surface area contributed by atoms with Gasteiger partial charge in [0, 0.05) is 50.4 Å². The summed E-state index contributed by atoms with van der Waals surface area (Å²) >= 11 is 0. The van der Waals surface area contributed by atoms with Gasteiger partial charge in [0.1, 0.15) is 5.82 Å². The summed E-state index contributed by atoms with van der Waals surface area (Å²) in [5.74, 6) is 0.0975. The molecule has 10 heteroatoms. The van der Waals surface area contributed by atoms with E-state index in [9.17, 15) is 14.7 Å². The van der Waals surface area contributed by atoms with Gasteiger partial charge in [-0.1, -0.05) is 19.4 Å². The molecule has 10 nitrogen and oxygen atoms in total. The fourth-order valence-electron chi connectivity index (χ4n) is 5.34. The van der Waals surface area contributed by atoms with Gasteiger partial charge in [0.2, 0.25) is 12.7 Å². The van der Waals surface area contributed by atoms with Crippen LogP contribution in [0.5, 0.6) is 11.5 Å². The van der Waals surface area contributed by atoms with Crippen molar-refractivity contribution in [3.05, 3.63) is 48.0 Å². The molecule has 2 aromatic rings. The van der Waals surface area contributed by atoms with Gasteiger partial charge in [-0.05, 0) is 49.6 Å². The monoisotopic (exact) mass is 511 g/mol. The lowest BCUT2D eigenvalue weighted by Crippen LogP contribution is -2.45. The minimum absolute atomic E-state index is 0.0123. The second-order valence-electron chi connectivity index (χ2n) is 9.66. The molecule has 4 rings (SSSR count). The first-order chi connectivity index (χ1) is 18.0. The van der Waals surface area contributed by atoms with Gasteiger partial charge in [-0.25, -0.2) is 9.97 Å². The molecule has 3 N–H and O–H groups in total. The van der Waals surface area contributed by atoms with E-state index in [-0.39, 0.29) is 31.2 Å². The Labute approximate surface area is 217 Å². The second kappa shape index (κ2) is 12.8. The van der Waals surface area contributed by atoms with Crippen LogP contribution >= 0.6 is 0 Å². The number of ether oxygens (including phenoxy) is 2. The van der Waals surface area contributed by atoms with Crippen LogP contribution in [-0.2, 0) is 16.0 Å². The summed E-state index contributed by atoms with van der Waals surface area (Å²) in [6.45, 7) is 4.69. The first-order valence-corrected chi connectivity index (χ1v) is 13.1. The second-order valence-corrected chi connectivity index (χ2v) is 9.66. The number of nitrogens with two attached hydrogens (primary N) is 1. The van der Waals surface area contributed by atoms with Crippen molar-refractivity contribution in [3.8, 4) is 11.5 Å². The Kier molecular flexibility index (Phi) is 9.29. The van der Waals surface area contributed by atoms with Crippen molar-refractivity contribution in [1.82, 2.24) is 19.8 Å². The molecule has 1 unspecified atom stereocenters. The molecule has 1 fully saturated rings. The molecule has 0 bridgehead atoms. The first kappa shape index (κ1) is 26.8. The van der Waals surface area contributed by atoms with E-state index in [1.54, 1.807) is 18.5 Å². The number of carbonyl (C=O) groups is 2. The Morgan fingerprint density at radius 2 is 1.92 bits per heavy atom. The number of aliphatic carboxylic acids is 1. The molecule has 0 radical (unpaired) electrons. The number of fused-ring (bicyclic) bond motifs is 1. The molecule has 200 valence electrons. The van der Waals surface area contributed by atoms with Crippen molar-refractivity contribution >= 4 is 11.9 Å². The van der Waals surface area contributed by atoms with Crippen LogP contribution in [0.15, 0.2) is 36.7 Å². The summed E-state index contributed by atoms with van der Waals surface area (Å²) < 4.78 is 11.0. The highest BCUT2D eigenvalue weighted by atomic mass is 16.7. The van der Waals surface area contributed by atoms with E-state index < -0.39 is 11.9 Å². The molecule has 37 heavy (non-hydrogen) atoms. The molecule has 0 spiro atoms. The van der Waals surface area contributed by atoms with Crippen LogP contribution in [0.2, 0.25) is 0 Å². The van der Waals surface area contributed by atoms with Crippen LogP contribution < -0.4 is 15.2 Å². The fraction of sp³-hybridized carbons (Fsp3) is 0.556. The molecular weight excluding hydrogens is 474 g/mol. The Hall–Kier alpha value is -3.24. The van der Waals surface area contributed by atoms with E-state index in [1.807, 2.05) is 28.0 Å². The largest absolute Gasteiger partial charge is 0.481 e. The van der Waals surface area contributed by atoms with Gasteiger partial charge in [-0.3, -0.25) is 14.5 Å². The van der Waals surface area contributed by atoms with E-state index in [0.29, 0.717) is 56.3 Å². The molecule has 1 saturated heterocycles. The molecular formula is C27H37N5O5. The number of unbranched alkanes of at least 4 members (excludes halogenated alkanes) is 1. The lowest BCUT2D eigenvalue weighted by atomic mass is 9.83.